The Balaban J connectivity index is 2.05. The lowest BCUT2D eigenvalue weighted by molar-refractivity contribution is -0.118. The van der Waals surface area contributed by atoms with E-state index in [0.717, 1.165) is 25.7 Å². The second kappa shape index (κ2) is 5.50. The van der Waals surface area contributed by atoms with Gasteiger partial charge in [0.05, 0.1) is 5.75 Å². The van der Waals surface area contributed by atoms with E-state index in [0.29, 0.717) is 0 Å². The second-order valence-electron chi connectivity index (χ2n) is 3.37. The van der Waals surface area contributed by atoms with Gasteiger partial charge in [-0.25, -0.2) is 0 Å². The van der Waals surface area contributed by atoms with Gasteiger partial charge in [0.1, 0.15) is 0 Å². The Morgan fingerprint density at radius 1 is 1.62 bits per heavy atom. The Kier molecular flexibility index (Phi) is 4.59. The normalized spacial score (nSPS) is 16.2. The zero-order valence-electron chi connectivity index (χ0n) is 8.12. The fourth-order valence-electron chi connectivity index (χ4n) is 1.43. The molecule has 1 aliphatic rings. The summed E-state index contributed by atoms with van der Waals surface area (Å²) >= 11 is 3.89. The van der Waals surface area contributed by atoms with Crippen molar-refractivity contribution in [1.29, 1.82) is 0 Å². The van der Waals surface area contributed by atoms with Crippen molar-refractivity contribution in [2.75, 3.05) is 25.4 Å². The summed E-state index contributed by atoms with van der Waals surface area (Å²) in [7, 11) is 0. The Morgan fingerprint density at radius 2 is 2.31 bits per heavy atom. The van der Waals surface area contributed by atoms with Crippen LogP contribution in [0.4, 0.5) is 0 Å². The smallest absolute Gasteiger partial charge is 0.229 e. The molecule has 0 aliphatic heterocycles. The molecule has 0 bridgehead atoms. The van der Waals surface area contributed by atoms with Crippen molar-refractivity contribution in [3.63, 3.8) is 0 Å². The number of thiol groups is 1. The van der Waals surface area contributed by atoms with Crippen LogP contribution in [0.2, 0.25) is 0 Å². The molecule has 0 aromatic heterocycles. The lowest BCUT2D eigenvalue weighted by atomic mass is 10.4. The van der Waals surface area contributed by atoms with E-state index < -0.39 is 0 Å². The highest BCUT2D eigenvalue weighted by molar-refractivity contribution is 7.81. The van der Waals surface area contributed by atoms with Gasteiger partial charge in [0.15, 0.2) is 0 Å². The Hall–Kier alpha value is -0.220. The standard InChI is InChI=1S/C9H18N2OS/c1-2-11(8-3-4-8)6-5-10-9(12)7-13/h8,13H,2-7H2,1H3,(H,10,12). The molecule has 0 radical (unpaired) electrons. The molecule has 0 saturated heterocycles. The minimum Gasteiger partial charge on any atom is -0.354 e. The van der Waals surface area contributed by atoms with Gasteiger partial charge < -0.3 is 5.32 Å². The lowest BCUT2D eigenvalue weighted by Gasteiger charge is -2.19. The van der Waals surface area contributed by atoms with Gasteiger partial charge in [-0.3, -0.25) is 9.69 Å². The van der Waals surface area contributed by atoms with Gasteiger partial charge >= 0.3 is 0 Å². The monoisotopic (exact) mass is 202 g/mol. The van der Waals surface area contributed by atoms with Gasteiger partial charge in [0.2, 0.25) is 5.91 Å². The van der Waals surface area contributed by atoms with Crippen molar-refractivity contribution >= 4 is 18.5 Å². The first-order valence-corrected chi connectivity index (χ1v) is 5.52. The van der Waals surface area contributed by atoms with Crippen LogP contribution in [-0.4, -0.2) is 42.2 Å². The van der Waals surface area contributed by atoms with E-state index in [1.54, 1.807) is 0 Å². The molecule has 1 fully saturated rings. The Bertz CT molecular complexity index is 171. The number of hydrogen-bond acceptors (Lipinski definition) is 3. The fourth-order valence-corrected chi connectivity index (χ4v) is 1.55. The van der Waals surface area contributed by atoms with Crippen LogP contribution in [0.1, 0.15) is 19.8 Å². The second-order valence-corrected chi connectivity index (χ2v) is 3.68. The van der Waals surface area contributed by atoms with Gasteiger partial charge in [-0.05, 0) is 19.4 Å². The molecular weight excluding hydrogens is 184 g/mol. The van der Waals surface area contributed by atoms with Crippen molar-refractivity contribution in [3.05, 3.63) is 0 Å². The molecule has 76 valence electrons. The average molecular weight is 202 g/mol. The molecule has 13 heavy (non-hydrogen) atoms. The molecule has 1 aliphatic carbocycles. The van der Waals surface area contributed by atoms with Crippen LogP contribution in [0.25, 0.3) is 0 Å². The highest BCUT2D eigenvalue weighted by atomic mass is 32.1. The minimum absolute atomic E-state index is 0.0233. The van der Waals surface area contributed by atoms with E-state index in [4.69, 9.17) is 0 Å². The van der Waals surface area contributed by atoms with Crippen LogP contribution in [-0.2, 0) is 4.79 Å². The predicted octanol–water partition coefficient (Wildman–Crippen LogP) is 0.517. The topological polar surface area (TPSA) is 32.3 Å². The van der Waals surface area contributed by atoms with Crippen LogP contribution < -0.4 is 5.32 Å². The molecule has 1 N–H and O–H groups in total. The van der Waals surface area contributed by atoms with Gasteiger partial charge in [0.25, 0.3) is 0 Å². The number of nitrogens with zero attached hydrogens (tertiary/aromatic N) is 1. The summed E-state index contributed by atoms with van der Waals surface area (Å²) < 4.78 is 0. The molecular formula is C9H18N2OS. The van der Waals surface area contributed by atoms with Crippen LogP contribution >= 0.6 is 12.6 Å². The molecule has 3 nitrogen and oxygen atoms in total. The van der Waals surface area contributed by atoms with Gasteiger partial charge in [-0.2, -0.15) is 12.6 Å². The largest absolute Gasteiger partial charge is 0.354 e. The summed E-state index contributed by atoms with van der Waals surface area (Å²) in [5, 5.41) is 2.82. The van der Waals surface area contributed by atoms with Crippen molar-refractivity contribution in [2.24, 2.45) is 0 Å². The molecule has 1 saturated carbocycles. The van der Waals surface area contributed by atoms with E-state index in [2.05, 4.69) is 29.8 Å². The summed E-state index contributed by atoms with van der Waals surface area (Å²) in [6.45, 7) is 4.98. The van der Waals surface area contributed by atoms with E-state index in [-0.39, 0.29) is 11.7 Å². The SMILES string of the molecule is CCN(CCNC(=O)CS)C1CC1. The third-order valence-electron chi connectivity index (χ3n) is 2.33. The van der Waals surface area contributed by atoms with E-state index >= 15 is 0 Å². The molecule has 1 amide bonds. The number of nitrogens with one attached hydrogen (secondary N) is 1. The maximum Gasteiger partial charge on any atom is 0.229 e. The molecule has 0 aromatic rings. The number of rotatable bonds is 6. The molecule has 0 unspecified atom stereocenters. The summed E-state index contributed by atoms with van der Waals surface area (Å²) in [6.07, 6.45) is 2.66. The van der Waals surface area contributed by atoms with Gasteiger partial charge in [0, 0.05) is 19.1 Å². The van der Waals surface area contributed by atoms with Gasteiger partial charge in [-0.15, -0.1) is 0 Å². The summed E-state index contributed by atoms with van der Waals surface area (Å²) in [4.78, 5) is 13.3. The molecule has 0 spiro atoms. The van der Waals surface area contributed by atoms with Crippen molar-refractivity contribution in [3.8, 4) is 0 Å². The summed E-state index contributed by atoms with van der Waals surface area (Å²) in [6, 6.07) is 0.790. The first-order chi connectivity index (χ1) is 6.27. The third-order valence-corrected chi connectivity index (χ3v) is 2.62. The maximum atomic E-state index is 10.9. The third kappa shape index (κ3) is 4.00. The summed E-state index contributed by atoms with van der Waals surface area (Å²) in [5.41, 5.74) is 0. The lowest BCUT2D eigenvalue weighted by Crippen LogP contribution is -2.36. The number of amides is 1. The molecule has 0 aromatic carbocycles. The maximum absolute atomic E-state index is 10.9. The number of carbonyl (C=O) groups excluding carboxylic acids is 1. The van der Waals surface area contributed by atoms with E-state index in [1.807, 2.05) is 0 Å². The van der Waals surface area contributed by atoms with Crippen LogP contribution in [0, 0.1) is 0 Å². The van der Waals surface area contributed by atoms with Crippen LogP contribution in [0.5, 0.6) is 0 Å². The quantitative estimate of drug-likeness (QED) is 0.615. The zero-order chi connectivity index (χ0) is 9.68. The number of likely N-dealkylation sites (N-methyl/N-ethyl adjacent to an activating group) is 1. The Labute approximate surface area is 85.3 Å². The van der Waals surface area contributed by atoms with E-state index in [9.17, 15) is 4.79 Å². The minimum atomic E-state index is 0.0233. The first kappa shape index (κ1) is 10.9. The predicted molar refractivity (Wildman–Crippen MR) is 57.1 cm³/mol. The molecule has 0 atom stereocenters. The molecule has 4 heteroatoms. The van der Waals surface area contributed by atoms with Crippen molar-refractivity contribution in [2.45, 2.75) is 25.8 Å². The van der Waals surface area contributed by atoms with Crippen LogP contribution in [0.3, 0.4) is 0 Å². The van der Waals surface area contributed by atoms with Crippen molar-refractivity contribution in [1.82, 2.24) is 10.2 Å². The Morgan fingerprint density at radius 3 is 2.77 bits per heavy atom. The van der Waals surface area contributed by atoms with Gasteiger partial charge in [-0.1, -0.05) is 6.92 Å². The fraction of sp³-hybridized carbons (Fsp3) is 0.889. The van der Waals surface area contributed by atoms with Crippen LogP contribution in [0.15, 0.2) is 0 Å². The van der Waals surface area contributed by atoms with E-state index in [1.165, 1.54) is 12.8 Å². The van der Waals surface area contributed by atoms with Crippen molar-refractivity contribution < 1.29 is 4.79 Å². The average Bonchev–Trinajstić information content (AvgIpc) is 2.95. The highest BCUT2D eigenvalue weighted by Crippen LogP contribution is 2.25. The first-order valence-electron chi connectivity index (χ1n) is 4.89. The number of carbonyl (C=O) groups is 1. The summed E-state index contributed by atoms with van der Waals surface area (Å²) in [5.74, 6) is 0.311. The zero-order valence-corrected chi connectivity index (χ0v) is 9.02. The molecule has 1 rings (SSSR count). The molecule has 0 heterocycles. The number of hydrogen-bond donors (Lipinski definition) is 2. The highest BCUT2D eigenvalue weighted by Gasteiger charge is 2.27.